The summed E-state index contributed by atoms with van der Waals surface area (Å²) in [6, 6.07) is 21.9. The van der Waals surface area contributed by atoms with E-state index in [-0.39, 0.29) is 23.7 Å². The largest absolute Gasteiger partial charge is 0.486 e. The fraction of sp³-hybridized carbons (Fsp3) is 0.208. The van der Waals surface area contributed by atoms with Crippen molar-refractivity contribution >= 4 is 5.91 Å². The second-order valence-electron chi connectivity index (χ2n) is 7.07. The summed E-state index contributed by atoms with van der Waals surface area (Å²) in [6.07, 6.45) is 1.62. The molecule has 0 atom stereocenters. The maximum Gasteiger partial charge on any atom is 0.287 e. The van der Waals surface area contributed by atoms with Gasteiger partial charge in [-0.2, -0.15) is 0 Å². The molecule has 28 heavy (non-hydrogen) atoms. The quantitative estimate of drug-likeness (QED) is 0.557. The Hall–Kier alpha value is -3.27. The zero-order valence-corrected chi connectivity index (χ0v) is 16.3. The molecule has 0 bridgehead atoms. The van der Waals surface area contributed by atoms with E-state index in [1.807, 2.05) is 18.2 Å². The van der Waals surface area contributed by atoms with Gasteiger partial charge in [-0.1, -0.05) is 62.4 Å². The third-order valence-corrected chi connectivity index (χ3v) is 4.74. The van der Waals surface area contributed by atoms with Crippen LogP contribution in [0.15, 0.2) is 83.8 Å². The van der Waals surface area contributed by atoms with Crippen LogP contribution in [-0.4, -0.2) is 12.5 Å². The summed E-state index contributed by atoms with van der Waals surface area (Å²) in [5.41, 5.74) is 2.39. The molecule has 0 spiro atoms. The number of nitrogens with one attached hydrogen (secondary N) is 1. The highest BCUT2D eigenvalue weighted by Crippen LogP contribution is 2.32. The van der Waals surface area contributed by atoms with Crippen LogP contribution in [0, 0.1) is 0 Å². The van der Waals surface area contributed by atoms with Gasteiger partial charge in [-0.25, -0.2) is 0 Å². The molecule has 0 aliphatic rings. The Bertz CT molecular complexity index is 924. The number of furan rings is 1. The first-order valence-corrected chi connectivity index (χ1v) is 9.27. The van der Waals surface area contributed by atoms with E-state index in [1.54, 1.807) is 18.2 Å². The lowest BCUT2D eigenvalue weighted by atomic mass is 9.78. The highest BCUT2D eigenvalue weighted by atomic mass is 16.5. The molecule has 4 heteroatoms. The molecule has 3 rings (SSSR count). The molecule has 0 saturated heterocycles. The van der Waals surface area contributed by atoms with Gasteiger partial charge in [0.15, 0.2) is 5.76 Å². The van der Waals surface area contributed by atoms with E-state index in [2.05, 4.69) is 62.1 Å². The van der Waals surface area contributed by atoms with E-state index in [1.165, 1.54) is 11.1 Å². The molecular formula is C24H25NO3. The molecule has 144 valence electrons. The van der Waals surface area contributed by atoms with Crippen molar-refractivity contribution in [2.75, 3.05) is 6.54 Å². The van der Waals surface area contributed by atoms with Crippen LogP contribution in [0.5, 0.6) is 5.75 Å². The second-order valence-corrected chi connectivity index (χ2v) is 7.07. The van der Waals surface area contributed by atoms with Crippen LogP contribution in [0.3, 0.4) is 0 Å². The normalized spacial score (nSPS) is 11.1. The minimum Gasteiger partial charge on any atom is -0.486 e. The lowest BCUT2D eigenvalue weighted by molar-refractivity contribution is 0.0926. The number of ether oxygens (including phenoxy) is 1. The molecule has 1 heterocycles. The Balaban J connectivity index is 1.61. The third kappa shape index (κ3) is 4.52. The lowest BCUT2D eigenvalue weighted by Gasteiger charge is -2.26. The van der Waals surface area contributed by atoms with E-state index in [9.17, 15) is 4.79 Å². The molecule has 2 aromatic carbocycles. The molecule has 0 fully saturated rings. The molecule has 1 aromatic heterocycles. The maximum absolute atomic E-state index is 11.8. The Morgan fingerprint density at radius 1 is 1.04 bits per heavy atom. The van der Waals surface area contributed by atoms with Crippen LogP contribution in [0.2, 0.25) is 0 Å². The monoisotopic (exact) mass is 375 g/mol. The SMILES string of the molecule is C=CCNC(=O)c1ccc(COc2ccc(C(C)(C)c3ccccc3)cc2)o1. The molecule has 4 nitrogen and oxygen atoms in total. The van der Waals surface area contributed by atoms with Gasteiger partial charge in [-0.05, 0) is 35.4 Å². The van der Waals surface area contributed by atoms with Gasteiger partial charge in [0.1, 0.15) is 18.1 Å². The first-order valence-electron chi connectivity index (χ1n) is 9.27. The summed E-state index contributed by atoms with van der Waals surface area (Å²) < 4.78 is 11.3. The first-order chi connectivity index (χ1) is 13.5. The molecule has 0 saturated carbocycles. The molecule has 0 aliphatic heterocycles. The number of hydrogen-bond acceptors (Lipinski definition) is 3. The number of carbonyl (C=O) groups excluding carboxylic acids is 1. The van der Waals surface area contributed by atoms with Crippen molar-refractivity contribution in [3.8, 4) is 5.75 Å². The van der Waals surface area contributed by atoms with Gasteiger partial charge in [0.2, 0.25) is 0 Å². The Morgan fingerprint density at radius 2 is 1.71 bits per heavy atom. The van der Waals surface area contributed by atoms with Gasteiger partial charge >= 0.3 is 0 Å². The zero-order valence-electron chi connectivity index (χ0n) is 16.3. The number of amides is 1. The summed E-state index contributed by atoms with van der Waals surface area (Å²) in [5.74, 6) is 1.35. The van der Waals surface area contributed by atoms with Gasteiger partial charge in [0.25, 0.3) is 5.91 Å². The van der Waals surface area contributed by atoms with Crippen molar-refractivity contribution in [1.82, 2.24) is 5.32 Å². The van der Waals surface area contributed by atoms with Gasteiger partial charge in [0, 0.05) is 12.0 Å². The molecule has 1 amide bonds. The van der Waals surface area contributed by atoms with Crippen LogP contribution >= 0.6 is 0 Å². The minimum atomic E-state index is -0.265. The van der Waals surface area contributed by atoms with Crippen molar-refractivity contribution in [3.05, 3.63) is 102 Å². The average Bonchev–Trinajstić information content (AvgIpc) is 3.20. The number of carbonyl (C=O) groups is 1. The van der Waals surface area contributed by atoms with E-state index in [0.717, 1.165) is 5.75 Å². The maximum atomic E-state index is 11.8. The summed E-state index contributed by atoms with van der Waals surface area (Å²) in [5, 5.41) is 2.68. The predicted molar refractivity (Wildman–Crippen MR) is 111 cm³/mol. The smallest absolute Gasteiger partial charge is 0.287 e. The minimum absolute atomic E-state index is 0.0888. The Morgan fingerprint density at radius 3 is 2.39 bits per heavy atom. The van der Waals surface area contributed by atoms with E-state index >= 15 is 0 Å². The highest BCUT2D eigenvalue weighted by Gasteiger charge is 2.22. The van der Waals surface area contributed by atoms with Crippen molar-refractivity contribution in [2.45, 2.75) is 25.9 Å². The summed E-state index contributed by atoms with van der Waals surface area (Å²) in [7, 11) is 0. The van der Waals surface area contributed by atoms with Crippen molar-refractivity contribution in [1.29, 1.82) is 0 Å². The van der Waals surface area contributed by atoms with Crippen molar-refractivity contribution in [2.24, 2.45) is 0 Å². The van der Waals surface area contributed by atoms with Gasteiger partial charge in [0.05, 0.1) is 0 Å². The van der Waals surface area contributed by atoms with Crippen molar-refractivity contribution < 1.29 is 13.9 Å². The predicted octanol–water partition coefficient (Wildman–Crippen LogP) is 5.10. The second kappa shape index (κ2) is 8.61. The Labute approximate surface area is 165 Å². The topological polar surface area (TPSA) is 51.5 Å². The molecular weight excluding hydrogens is 350 g/mol. The number of benzene rings is 2. The molecule has 0 radical (unpaired) electrons. The van der Waals surface area contributed by atoms with E-state index in [4.69, 9.17) is 9.15 Å². The lowest BCUT2D eigenvalue weighted by Crippen LogP contribution is -2.22. The highest BCUT2D eigenvalue weighted by molar-refractivity contribution is 5.91. The van der Waals surface area contributed by atoms with Gasteiger partial charge in [-0.3, -0.25) is 4.79 Å². The molecule has 0 unspecified atom stereocenters. The van der Waals surface area contributed by atoms with Crippen LogP contribution < -0.4 is 10.1 Å². The molecule has 3 aromatic rings. The molecule has 1 N–H and O–H groups in total. The van der Waals surface area contributed by atoms with Gasteiger partial charge < -0.3 is 14.5 Å². The van der Waals surface area contributed by atoms with Crippen LogP contribution in [0.4, 0.5) is 0 Å². The van der Waals surface area contributed by atoms with E-state index < -0.39 is 0 Å². The van der Waals surface area contributed by atoms with Crippen LogP contribution in [0.25, 0.3) is 0 Å². The first kappa shape index (κ1) is 19.5. The Kier molecular flexibility index (Phi) is 5.99. The standard InChI is InChI=1S/C24H25NO3/c1-4-16-25-23(26)22-15-14-21(28-22)17-27-20-12-10-19(11-13-20)24(2,3)18-8-6-5-7-9-18/h4-15H,1,16-17H2,2-3H3,(H,25,26). The molecule has 0 aliphatic carbocycles. The van der Waals surface area contributed by atoms with E-state index in [0.29, 0.717) is 12.3 Å². The van der Waals surface area contributed by atoms with Crippen LogP contribution in [-0.2, 0) is 12.0 Å². The summed E-state index contributed by atoms with van der Waals surface area (Å²) in [6.45, 7) is 8.64. The fourth-order valence-electron chi connectivity index (χ4n) is 2.97. The summed E-state index contributed by atoms with van der Waals surface area (Å²) in [4.78, 5) is 11.8. The third-order valence-electron chi connectivity index (χ3n) is 4.74. The fourth-order valence-corrected chi connectivity index (χ4v) is 2.97. The number of hydrogen-bond donors (Lipinski definition) is 1. The number of rotatable bonds is 8. The zero-order chi connectivity index (χ0) is 20.0. The van der Waals surface area contributed by atoms with Crippen molar-refractivity contribution in [3.63, 3.8) is 0 Å². The van der Waals surface area contributed by atoms with Crippen LogP contribution in [0.1, 0.15) is 41.3 Å². The van der Waals surface area contributed by atoms with Gasteiger partial charge in [-0.15, -0.1) is 6.58 Å². The summed E-state index contributed by atoms with van der Waals surface area (Å²) >= 11 is 0. The average molecular weight is 375 g/mol.